The van der Waals surface area contributed by atoms with Crippen LogP contribution in [0, 0.1) is 0 Å². The van der Waals surface area contributed by atoms with E-state index in [0.29, 0.717) is 0 Å². The van der Waals surface area contributed by atoms with Crippen molar-refractivity contribution in [2.24, 2.45) is 0 Å². The van der Waals surface area contributed by atoms with E-state index in [0.717, 1.165) is 23.3 Å². The molecule has 1 heterocycles. The first kappa shape index (κ1) is 11.5. The summed E-state index contributed by atoms with van der Waals surface area (Å²) in [7, 11) is 0. The molecule has 16 heavy (non-hydrogen) atoms. The second kappa shape index (κ2) is 4.49. The zero-order valence-corrected chi connectivity index (χ0v) is 10.8. The number of aromatic nitrogens is 2. The van der Waals surface area contributed by atoms with Crippen LogP contribution in [0.25, 0.3) is 0 Å². The molecule has 0 radical (unpaired) electrons. The van der Waals surface area contributed by atoms with Gasteiger partial charge in [-0.1, -0.05) is 11.8 Å². The Balaban J connectivity index is 2.18. The zero-order valence-electron chi connectivity index (χ0n) is 10.0. The standard InChI is InChI=1S/C11H18N4S/c1-4-12-8-7-9(14-10(13-8)16-3)15-11(2)5-6-11/h7H,4-6H2,1-3H3,(H2,12,13,14,15). The molecule has 0 amide bonds. The number of thioether (sulfide) groups is 1. The summed E-state index contributed by atoms with van der Waals surface area (Å²) in [5, 5.41) is 7.50. The van der Waals surface area contributed by atoms with Crippen LogP contribution in [0.15, 0.2) is 11.2 Å². The molecule has 0 spiro atoms. The van der Waals surface area contributed by atoms with Crippen molar-refractivity contribution in [1.82, 2.24) is 9.97 Å². The van der Waals surface area contributed by atoms with Gasteiger partial charge in [0.25, 0.3) is 0 Å². The quantitative estimate of drug-likeness (QED) is 0.610. The SMILES string of the molecule is CCNc1cc(NC2(C)CC2)nc(SC)n1. The lowest BCUT2D eigenvalue weighted by Gasteiger charge is -2.14. The fraction of sp³-hybridized carbons (Fsp3) is 0.636. The highest BCUT2D eigenvalue weighted by Crippen LogP contribution is 2.38. The highest BCUT2D eigenvalue weighted by atomic mass is 32.2. The van der Waals surface area contributed by atoms with Crippen molar-refractivity contribution in [1.29, 1.82) is 0 Å². The van der Waals surface area contributed by atoms with Crippen molar-refractivity contribution in [3.8, 4) is 0 Å². The summed E-state index contributed by atoms with van der Waals surface area (Å²) in [4.78, 5) is 8.85. The number of nitrogens with zero attached hydrogens (tertiary/aromatic N) is 2. The van der Waals surface area contributed by atoms with E-state index in [4.69, 9.17) is 0 Å². The summed E-state index contributed by atoms with van der Waals surface area (Å²) >= 11 is 1.57. The highest BCUT2D eigenvalue weighted by molar-refractivity contribution is 7.98. The molecule has 1 aliphatic carbocycles. The van der Waals surface area contributed by atoms with Crippen LogP contribution in [0.1, 0.15) is 26.7 Å². The topological polar surface area (TPSA) is 49.8 Å². The first-order valence-corrected chi connectivity index (χ1v) is 6.83. The lowest BCUT2D eigenvalue weighted by atomic mass is 10.3. The maximum absolute atomic E-state index is 4.46. The Bertz CT molecular complexity index is 376. The third kappa shape index (κ3) is 2.78. The van der Waals surface area contributed by atoms with Crippen molar-refractivity contribution in [3.05, 3.63) is 6.07 Å². The van der Waals surface area contributed by atoms with Gasteiger partial charge < -0.3 is 10.6 Å². The Kier molecular flexibility index (Phi) is 3.23. The molecule has 1 fully saturated rings. The molecule has 1 saturated carbocycles. The molecular formula is C11H18N4S. The smallest absolute Gasteiger partial charge is 0.191 e. The van der Waals surface area contributed by atoms with E-state index in [1.54, 1.807) is 11.8 Å². The highest BCUT2D eigenvalue weighted by Gasteiger charge is 2.37. The summed E-state index contributed by atoms with van der Waals surface area (Å²) < 4.78 is 0. The van der Waals surface area contributed by atoms with Gasteiger partial charge in [-0.15, -0.1) is 0 Å². The van der Waals surface area contributed by atoms with Gasteiger partial charge in [0.15, 0.2) is 5.16 Å². The molecule has 2 rings (SSSR count). The van der Waals surface area contributed by atoms with Crippen LogP contribution in [0.3, 0.4) is 0 Å². The van der Waals surface area contributed by atoms with Gasteiger partial charge in [0, 0.05) is 18.2 Å². The molecule has 5 heteroatoms. The Labute approximate surface area is 101 Å². The molecule has 4 nitrogen and oxygen atoms in total. The maximum atomic E-state index is 4.46. The van der Waals surface area contributed by atoms with Crippen molar-refractivity contribution in [2.75, 3.05) is 23.4 Å². The predicted octanol–water partition coefficient (Wildman–Crippen LogP) is 2.59. The van der Waals surface area contributed by atoms with E-state index >= 15 is 0 Å². The van der Waals surface area contributed by atoms with Gasteiger partial charge >= 0.3 is 0 Å². The minimum absolute atomic E-state index is 0.257. The molecule has 2 N–H and O–H groups in total. The third-order valence-corrected chi connectivity index (χ3v) is 3.22. The first-order valence-electron chi connectivity index (χ1n) is 5.60. The Morgan fingerprint density at radius 3 is 2.62 bits per heavy atom. The van der Waals surface area contributed by atoms with Crippen LogP contribution in [0.5, 0.6) is 0 Å². The normalized spacial score (nSPS) is 16.9. The second-order valence-electron chi connectivity index (χ2n) is 4.34. The first-order chi connectivity index (χ1) is 7.65. The maximum Gasteiger partial charge on any atom is 0.191 e. The molecular weight excluding hydrogens is 220 g/mol. The van der Waals surface area contributed by atoms with Gasteiger partial charge in [0.05, 0.1) is 0 Å². The molecule has 0 bridgehead atoms. The monoisotopic (exact) mass is 238 g/mol. The van der Waals surface area contributed by atoms with Crippen molar-refractivity contribution < 1.29 is 0 Å². The summed E-state index contributed by atoms with van der Waals surface area (Å²) in [6.45, 7) is 5.17. The van der Waals surface area contributed by atoms with Gasteiger partial charge in [-0.2, -0.15) is 0 Å². The van der Waals surface area contributed by atoms with E-state index in [1.165, 1.54) is 12.8 Å². The molecule has 0 saturated heterocycles. The predicted molar refractivity (Wildman–Crippen MR) is 69.2 cm³/mol. The van der Waals surface area contributed by atoms with E-state index in [1.807, 2.05) is 12.3 Å². The molecule has 0 aromatic carbocycles. The van der Waals surface area contributed by atoms with E-state index in [9.17, 15) is 0 Å². The van der Waals surface area contributed by atoms with Crippen LogP contribution < -0.4 is 10.6 Å². The van der Waals surface area contributed by atoms with Gasteiger partial charge in [-0.25, -0.2) is 9.97 Å². The lowest BCUT2D eigenvalue weighted by molar-refractivity contribution is 0.809. The average Bonchev–Trinajstić information content (AvgIpc) is 2.96. The van der Waals surface area contributed by atoms with Crippen LogP contribution in [0.4, 0.5) is 11.6 Å². The second-order valence-corrected chi connectivity index (χ2v) is 5.11. The third-order valence-electron chi connectivity index (χ3n) is 2.68. The van der Waals surface area contributed by atoms with E-state index < -0.39 is 0 Å². The molecule has 88 valence electrons. The van der Waals surface area contributed by atoms with E-state index in [2.05, 4.69) is 34.4 Å². The van der Waals surface area contributed by atoms with Crippen LogP contribution >= 0.6 is 11.8 Å². The summed E-state index contributed by atoms with van der Waals surface area (Å²) in [5.41, 5.74) is 0.257. The Morgan fingerprint density at radius 2 is 2.06 bits per heavy atom. The minimum atomic E-state index is 0.257. The van der Waals surface area contributed by atoms with Gasteiger partial charge in [0.2, 0.25) is 0 Å². The molecule has 1 aromatic rings. The number of anilines is 2. The van der Waals surface area contributed by atoms with E-state index in [-0.39, 0.29) is 5.54 Å². The van der Waals surface area contributed by atoms with Crippen molar-refractivity contribution in [2.45, 2.75) is 37.4 Å². The van der Waals surface area contributed by atoms with Crippen LogP contribution in [0.2, 0.25) is 0 Å². The number of nitrogens with one attached hydrogen (secondary N) is 2. The van der Waals surface area contributed by atoms with Crippen molar-refractivity contribution >= 4 is 23.4 Å². The minimum Gasteiger partial charge on any atom is -0.370 e. The number of rotatable bonds is 5. The fourth-order valence-electron chi connectivity index (χ4n) is 1.47. The average molecular weight is 238 g/mol. The number of hydrogen-bond acceptors (Lipinski definition) is 5. The molecule has 0 aliphatic heterocycles. The molecule has 1 aliphatic rings. The Morgan fingerprint density at radius 1 is 1.38 bits per heavy atom. The summed E-state index contributed by atoms with van der Waals surface area (Å²) in [6.07, 6.45) is 4.44. The molecule has 0 atom stereocenters. The number of hydrogen-bond donors (Lipinski definition) is 2. The van der Waals surface area contributed by atoms with Gasteiger partial charge in [0.1, 0.15) is 11.6 Å². The van der Waals surface area contributed by atoms with Crippen molar-refractivity contribution in [3.63, 3.8) is 0 Å². The largest absolute Gasteiger partial charge is 0.370 e. The molecule has 1 aromatic heterocycles. The lowest BCUT2D eigenvalue weighted by Crippen LogP contribution is -2.17. The van der Waals surface area contributed by atoms with Gasteiger partial charge in [-0.05, 0) is 32.9 Å². The molecule has 0 unspecified atom stereocenters. The van der Waals surface area contributed by atoms with Gasteiger partial charge in [-0.3, -0.25) is 0 Å². The fourth-order valence-corrected chi connectivity index (χ4v) is 1.85. The summed E-state index contributed by atoms with van der Waals surface area (Å²) in [6, 6.07) is 1.98. The van der Waals surface area contributed by atoms with Crippen LogP contribution in [-0.2, 0) is 0 Å². The Hall–Kier alpha value is -0.970. The summed E-state index contributed by atoms with van der Waals surface area (Å²) in [5.74, 6) is 1.82. The van der Waals surface area contributed by atoms with Crippen LogP contribution in [-0.4, -0.2) is 28.3 Å². The zero-order chi connectivity index (χ0) is 11.6.